The molecule has 0 spiro atoms. The molecule has 0 aliphatic carbocycles. The molecule has 0 unspecified atom stereocenters. The minimum atomic E-state index is -0.275. The van der Waals surface area contributed by atoms with Gasteiger partial charge in [-0.25, -0.2) is 4.68 Å². The number of carbonyl (C=O) groups excluding carboxylic acids is 2. The van der Waals surface area contributed by atoms with Gasteiger partial charge in [0.25, 0.3) is 5.91 Å². The Morgan fingerprint density at radius 2 is 2.10 bits per heavy atom. The average Bonchev–Trinajstić information content (AvgIpc) is 3.07. The second-order valence-electron chi connectivity index (χ2n) is 5.49. The van der Waals surface area contributed by atoms with Gasteiger partial charge >= 0.3 is 0 Å². The predicted octanol–water partition coefficient (Wildman–Crippen LogP) is -0.835. The van der Waals surface area contributed by atoms with Crippen LogP contribution in [0.1, 0.15) is 35.8 Å². The fourth-order valence-electron chi connectivity index (χ4n) is 2.52. The van der Waals surface area contributed by atoms with Gasteiger partial charge in [0.05, 0.1) is 12.2 Å². The first kappa shape index (κ1) is 14.0. The summed E-state index contributed by atoms with van der Waals surface area (Å²) in [5.74, 6) is -0.167. The summed E-state index contributed by atoms with van der Waals surface area (Å²) < 4.78 is 1.71. The first-order chi connectivity index (χ1) is 10.2. The molecule has 2 aliphatic heterocycles. The lowest BCUT2D eigenvalue weighted by Crippen LogP contribution is -2.43. The van der Waals surface area contributed by atoms with E-state index in [1.54, 1.807) is 10.9 Å². The Morgan fingerprint density at radius 1 is 1.33 bits per heavy atom. The maximum Gasteiger partial charge on any atom is 0.273 e. The molecule has 2 amide bonds. The highest BCUT2D eigenvalue weighted by Crippen LogP contribution is 2.10. The Hall–Kier alpha value is -1.96. The quantitative estimate of drug-likeness (QED) is 0.738. The summed E-state index contributed by atoms with van der Waals surface area (Å²) in [5.41, 5.74) is 0.301. The smallest absolute Gasteiger partial charge is 0.273 e. The van der Waals surface area contributed by atoms with Crippen molar-refractivity contribution in [2.75, 3.05) is 32.7 Å². The van der Waals surface area contributed by atoms with Crippen molar-refractivity contribution in [2.45, 2.75) is 25.3 Å². The predicted molar refractivity (Wildman–Crippen MR) is 74.7 cm³/mol. The number of carbonyl (C=O) groups is 2. The number of aromatic nitrogens is 3. The second kappa shape index (κ2) is 6.21. The summed E-state index contributed by atoms with van der Waals surface area (Å²) in [6.45, 7) is 3.74. The third kappa shape index (κ3) is 3.21. The summed E-state index contributed by atoms with van der Waals surface area (Å²) in [4.78, 5) is 25.6. The van der Waals surface area contributed by atoms with E-state index in [4.69, 9.17) is 0 Å². The van der Waals surface area contributed by atoms with Crippen LogP contribution in [0.25, 0.3) is 0 Å². The molecular weight excluding hydrogens is 272 g/mol. The van der Waals surface area contributed by atoms with E-state index in [1.165, 1.54) is 0 Å². The molecule has 1 aromatic heterocycles. The summed E-state index contributed by atoms with van der Waals surface area (Å²) in [7, 11) is 0. The lowest BCUT2D eigenvalue weighted by atomic mass is 10.2. The van der Waals surface area contributed by atoms with Gasteiger partial charge in [0.15, 0.2) is 5.69 Å². The van der Waals surface area contributed by atoms with Gasteiger partial charge in [-0.15, -0.1) is 5.10 Å². The van der Waals surface area contributed by atoms with Crippen LogP contribution < -0.4 is 10.6 Å². The normalized spacial score (nSPS) is 18.6. The van der Waals surface area contributed by atoms with Crippen molar-refractivity contribution in [3.05, 3.63) is 11.9 Å². The summed E-state index contributed by atoms with van der Waals surface area (Å²) in [6.07, 6.45) is 4.16. The molecule has 0 atom stereocenters. The molecule has 2 aliphatic rings. The molecule has 3 heterocycles. The van der Waals surface area contributed by atoms with Crippen molar-refractivity contribution in [1.82, 2.24) is 30.5 Å². The topological polar surface area (TPSA) is 92.2 Å². The molecule has 0 saturated carbocycles. The molecule has 3 rings (SSSR count). The van der Waals surface area contributed by atoms with Crippen LogP contribution in [0.2, 0.25) is 0 Å². The SMILES string of the molecule is O=C(NCCC(=O)N1CCCC1)c1cn(C2CNC2)nn1. The van der Waals surface area contributed by atoms with E-state index < -0.39 is 0 Å². The monoisotopic (exact) mass is 292 g/mol. The molecule has 2 saturated heterocycles. The van der Waals surface area contributed by atoms with E-state index in [0.29, 0.717) is 18.7 Å². The number of hydrogen-bond acceptors (Lipinski definition) is 5. The summed E-state index contributed by atoms with van der Waals surface area (Å²) in [5, 5.41) is 13.7. The van der Waals surface area contributed by atoms with E-state index in [1.807, 2.05) is 4.90 Å². The van der Waals surface area contributed by atoms with Crippen LogP contribution in [0, 0.1) is 0 Å². The van der Waals surface area contributed by atoms with E-state index >= 15 is 0 Å². The molecule has 0 bridgehead atoms. The van der Waals surface area contributed by atoms with E-state index in [9.17, 15) is 9.59 Å². The van der Waals surface area contributed by atoms with Crippen LogP contribution in [-0.2, 0) is 4.79 Å². The molecule has 8 nitrogen and oxygen atoms in total. The molecule has 0 aromatic carbocycles. The van der Waals surface area contributed by atoms with Crippen LogP contribution in [0.4, 0.5) is 0 Å². The molecule has 114 valence electrons. The number of hydrogen-bond donors (Lipinski definition) is 2. The fourth-order valence-corrected chi connectivity index (χ4v) is 2.52. The fraction of sp³-hybridized carbons (Fsp3) is 0.692. The molecular formula is C13H20N6O2. The van der Waals surface area contributed by atoms with Crippen molar-refractivity contribution in [3.8, 4) is 0 Å². The highest BCUT2D eigenvalue weighted by Gasteiger charge is 2.22. The Labute approximate surface area is 122 Å². The maximum absolute atomic E-state index is 11.9. The zero-order valence-corrected chi connectivity index (χ0v) is 11.9. The lowest BCUT2D eigenvalue weighted by molar-refractivity contribution is -0.129. The van der Waals surface area contributed by atoms with Gasteiger partial charge in [0.1, 0.15) is 0 Å². The van der Waals surface area contributed by atoms with Crippen LogP contribution in [0.3, 0.4) is 0 Å². The van der Waals surface area contributed by atoms with Gasteiger partial charge in [0, 0.05) is 39.1 Å². The van der Waals surface area contributed by atoms with E-state index in [0.717, 1.165) is 39.0 Å². The largest absolute Gasteiger partial charge is 0.350 e. The molecule has 1 aromatic rings. The van der Waals surface area contributed by atoms with Crippen molar-refractivity contribution in [1.29, 1.82) is 0 Å². The number of likely N-dealkylation sites (tertiary alicyclic amines) is 1. The Bertz CT molecular complexity index is 518. The Balaban J connectivity index is 1.43. The van der Waals surface area contributed by atoms with Gasteiger partial charge in [-0.05, 0) is 12.8 Å². The molecule has 8 heteroatoms. The van der Waals surface area contributed by atoms with Crippen molar-refractivity contribution < 1.29 is 9.59 Å². The summed E-state index contributed by atoms with van der Waals surface area (Å²) in [6, 6.07) is 0.288. The van der Waals surface area contributed by atoms with Crippen molar-refractivity contribution in [2.24, 2.45) is 0 Å². The highest BCUT2D eigenvalue weighted by atomic mass is 16.2. The molecule has 21 heavy (non-hydrogen) atoms. The zero-order valence-electron chi connectivity index (χ0n) is 11.9. The van der Waals surface area contributed by atoms with Crippen LogP contribution in [0.15, 0.2) is 6.20 Å². The lowest BCUT2D eigenvalue weighted by Gasteiger charge is -2.26. The molecule has 2 fully saturated rings. The van der Waals surface area contributed by atoms with E-state index in [-0.39, 0.29) is 17.9 Å². The van der Waals surface area contributed by atoms with Gasteiger partial charge in [-0.2, -0.15) is 0 Å². The number of amides is 2. The first-order valence-corrected chi connectivity index (χ1v) is 7.42. The summed E-state index contributed by atoms with van der Waals surface area (Å²) >= 11 is 0. The second-order valence-corrected chi connectivity index (χ2v) is 5.49. The number of nitrogens with one attached hydrogen (secondary N) is 2. The first-order valence-electron chi connectivity index (χ1n) is 7.42. The Morgan fingerprint density at radius 3 is 2.76 bits per heavy atom. The molecule has 2 N–H and O–H groups in total. The standard InChI is InChI=1S/C13H20N6O2/c20-12(18-5-1-2-6-18)3-4-15-13(21)11-9-19(17-16-11)10-7-14-8-10/h9-10,14H,1-8H2,(H,15,21). The van der Waals surface area contributed by atoms with Crippen LogP contribution in [-0.4, -0.2) is 64.4 Å². The van der Waals surface area contributed by atoms with Gasteiger partial charge in [-0.3, -0.25) is 9.59 Å². The van der Waals surface area contributed by atoms with Gasteiger partial charge in [-0.1, -0.05) is 5.21 Å². The minimum absolute atomic E-state index is 0.108. The van der Waals surface area contributed by atoms with Crippen LogP contribution >= 0.6 is 0 Å². The molecule has 0 radical (unpaired) electrons. The average molecular weight is 292 g/mol. The zero-order chi connectivity index (χ0) is 14.7. The number of nitrogens with zero attached hydrogens (tertiary/aromatic N) is 4. The van der Waals surface area contributed by atoms with E-state index in [2.05, 4.69) is 20.9 Å². The third-order valence-electron chi connectivity index (χ3n) is 3.96. The van der Waals surface area contributed by atoms with Gasteiger partial charge in [0.2, 0.25) is 5.91 Å². The minimum Gasteiger partial charge on any atom is -0.350 e. The Kier molecular flexibility index (Phi) is 4.14. The highest BCUT2D eigenvalue weighted by molar-refractivity contribution is 5.92. The number of rotatable bonds is 5. The van der Waals surface area contributed by atoms with Crippen molar-refractivity contribution >= 4 is 11.8 Å². The van der Waals surface area contributed by atoms with Gasteiger partial charge < -0.3 is 15.5 Å². The maximum atomic E-state index is 11.9. The van der Waals surface area contributed by atoms with Crippen molar-refractivity contribution in [3.63, 3.8) is 0 Å². The van der Waals surface area contributed by atoms with Crippen LogP contribution in [0.5, 0.6) is 0 Å². The third-order valence-corrected chi connectivity index (χ3v) is 3.96.